The van der Waals surface area contributed by atoms with Gasteiger partial charge in [-0.25, -0.2) is 0 Å². The summed E-state index contributed by atoms with van der Waals surface area (Å²) >= 11 is 0. The molecule has 0 fully saturated rings. The fourth-order valence-electron chi connectivity index (χ4n) is 2.22. The van der Waals surface area contributed by atoms with Crippen LogP contribution < -0.4 is 4.74 Å². The SMILES string of the molecule is C#Cc1cc(C=O)c2c(c1)CC(C)(C)C(C)(C)O2. The van der Waals surface area contributed by atoms with Crippen molar-refractivity contribution in [2.24, 2.45) is 5.41 Å². The molecule has 1 aromatic rings. The zero-order valence-corrected chi connectivity index (χ0v) is 11.3. The second-order valence-electron chi connectivity index (χ2n) is 5.99. The molecule has 0 aromatic heterocycles. The van der Waals surface area contributed by atoms with Crippen LogP contribution in [-0.2, 0) is 6.42 Å². The second kappa shape index (κ2) is 3.88. The maximum absolute atomic E-state index is 11.2. The van der Waals surface area contributed by atoms with Crippen LogP contribution in [0.25, 0.3) is 0 Å². The number of terminal acetylenes is 1. The van der Waals surface area contributed by atoms with E-state index in [9.17, 15) is 4.79 Å². The Kier molecular flexibility index (Phi) is 2.74. The zero-order chi connectivity index (χ0) is 13.6. The molecule has 18 heavy (non-hydrogen) atoms. The van der Waals surface area contributed by atoms with Gasteiger partial charge in [0.1, 0.15) is 11.4 Å². The lowest BCUT2D eigenvalue weighted by atomic mass is 9.70. The van der Waals surface area contributed by atoms with Gasteiger partial charge in [-0.05, 0) is 38.0 Å². The first-order chi connectivity index (χ1) is 8.30. The van der Waals surface area contributed by atoms with E-state index in [2.05, 4.69) is 33.6 Å². The molecule has 0 unspecified atom stereocenters. The zero-order valence-electron chi connectivity index (χ0n) is 11.3. The molecule has 94 valence electrons. The quantitative estimate of drug-likeness (QED) is 0.558. The predicted octanol–water partition coefficient (Wildman–Crippen LogP) is 3.22. The van der Waals surface area contributed by atoms with Crippen LogP contribution in [0.3, 0.4) is 0 Å². The average molecular weight is 242 g/mol. The molecule has 0 aliphatic carbocycles. The number of hydrogen-bond donors (Lipinski definition) is 0. The molecular formula is C16H18O2. The third-order valence-corrected chi connectivity index (χ3v) is 4.11. The number of ether oxygens (including phenoxy) is 1. The number of carbonyl (C=O) groups is 1. The van der Waals surface area contributed by atoms with Gasteiger partial charge in [-0.2, -0.15) is 0 Å². The Morgan fingerprint density at radius 2 is 2.00 bits per heavy atom. The van der Waals surface area contributed by atoms with E-state index >= 15 is 0 Å². The summed E-state index contributed by atoms with van der Waals surface area (Å²) < 4.78 is 6.06. The molecule has 0 atom stereocenters. The highest BCUT2D eigenvalue weighted by atomic mass is 16.5. The van der Waals surface area contributed by atoms with Crippen molar-refractivity contribution in [3.63, 3.8) is 0 Å². The molecule has 0 radical (unpaired) electrons. The van der Waals surface area contributed by atoms with Gasteiger partial charge < -0.3 is 4.74 Å². The summed E-state index contributed by atoms with van der Waals surface area (Å²) in [5.41, 5.74) is 1.99. The molecule has 1 aliphatic heterocycles. The molecule has 2 rings (SSSR count). The Hall–Kier alpha value is -1.75. The second-order valence-corrected chi connectivity index (χ2v) is 5.99. The first-order valence-corrected chi connectivity index (χ1v) is 6.08. The summed E-state index contributed by atoms with van der Waals surface area (Å²) in [6, 6.07) is 3.65. The standard InChI is InChI=1S/C16H18O2/c1-6-11-7-12-9-15(2,3)16(4,5)18-14(12)13(8-11)10-17/h1,7-8,10H,9H2,2-5H3. The summed E-state index contributed by atoms with van der Waals surface area (Å²) in [5.74, 6) is 3.27. The maximum Gasteiger partial charge on any atom is 0.153 e. The van der Waals surface area contributed by atoms with E-state index in [-0.39, 0.29) is 11.0 Å². The molecular weight excluding hydrogens is 224 g/mol. The Balaban J connectivity index is 2.63. The number of hydrogen-bond acceptors (Lipinski definition) is 2. The minimum absolute atomic E-state index is 0.00657. The molecule has 2 heteroatoms. The van der Waals surface area contributed by atoms with E-state index in [1.807, 2.05) is 6.07 Å². The van der Waals surface area contributed by atoms with Crippen molar-refractivity contribution in [3.8, 4) is 18.1 Å². The Bertz CT molecular complexity index is 545. The van der Waals surface area contributed by atoms with Crippen LogP contribution in [0.5, 0.6) is 5.75 Å². The molecule has 1 heterocycles. The van der Waals surface area contributed by atoms with Crippen molar-refractivity contribution in [2.45, 2.75) is 39.7 Å². The Labute approximate surface area is 108 Å². The van der Waals surface area contributed by atoms with Crippen molar-refractivity contribution in [2.75, 3.05) is 0 Å². The molecule has 1 aliphatic rings. The number of carbonyl (C=O) groups excluding carboxylic acids is 1. The smallest absolute Gasteiger partial charge is 0.153 e. The van der Waals surface area contributed by atoms with Crippen molar-refractivity contribution < 1.29 is 9.53 Å². The van der Waals surface area contributed by atoms with Gasteiger partial charge in [-0.1, -0.05) is 19.8 Å². The summed E-state index contributed by atoms with van der Waals surface area (Å²) in [6.45, 7) is 8.44. The summed E-state index contributed by atoms with van der Waals surface area (Å²) in [6.07, 6.45) is 7.09. The summed E-state index contributed by atoms with van der Waals surface area (Å²) in [5, 5.41) is 0. The molecule has 0 spiro atoms. The van der Waals surface area contributed by atoms with Crippen LogP contribution in [0.1, 0.15) is 49.2 Å². The highest BCUT2D eigenvalue weighted by molar-refractivity contribution is 5.81. The van der Waals surface area contributed by atoms with Gasteiger partial charge >= 0.3 is 0 Å². The molecule has 0 saturated heterocycles. The number of rotatable bonds is 1. The summed E-state index contributed by atoms with van der Waals surface area (Å²) in [7, 11) is 0. The van der Waals surface area contributed by atoms with Crippen molar-refractivity contribution in [1.29, 1.82) is 0 Å². The topological polar surface area (TPSA) is 26.3 Å². The molecule has 0 N–H and O–H groups in total. The maximum atomic E-state index is 11.2. The molecule has 1 aromatic carbocycles. The van der Waals surface area contributed by atoms with Crippen molar-refractivity contribution in [3.05, 3.63) is 28.8 Å². The molecule has 2 nitrogen and oxygen atoms in total. The highest BCUT2D eigenvalue weighted by Crippen LogP contribution is 2.46. The van der Waals surface area contributed by atoms with Gasteiger partial charge in [-0.3, -0.25) is 4.79 Å². The third kappa shape index (κ3) is 1.80. The Morgan fingerprint density at radius 3 is 2.56 bits per heavy atom. The normalized spacial score (nSPS) is 19.3. The summed E-state index contributed by atoms with van der Waals surface area (Å²) in [4.78, 5) is 11.2. The third-order valence-electron chi connectivity index (χ3n) is 4.11. The van der Waals surface area contributed by atoms with Gasteiger partial charge in [-0.15, -0.1) is 6.42 Å². The number of aldehydes is 1. The minimum atomic E-state index is -0.310. The van der Waals surface area contributed by atoms with Crippen molar-refractivity contribution in [1.82, 2.24) is 0 Å². The van der Waals surface area contributed by atoms with Gasteiger partial charge in [0.05, 0.1) is 5.56 Å². The lowest BCUT2D eigenvalue weighted by molar-refractivity contribution is -0.0274. The van der Waals surface area contributed by atoms with E-state index in [1.54, 1.807) is 6.07 Å². The monoisotopic (exact) mass is 242 g/mol. The van der Waals surface area contributed by atoms with Gasteiger partial charge in [0.2, 0.25) is 0 Å². The minimum Gasteiger partial charge on any atom is -0.486 e. The largest absolute Gasteiger partial charge is 0.486 e. The van der Waals surface area contributed by atoms with E-state index in [4.69, 9.17) is 11.2 Å². The van der Waals surface area contributed by atoms with Crippen LogP contribution in [0.2, 0.25) is 0 Å². The molecule has 0 bridgehead atoms. The van der Waals surface area contributed by atoms with Gasteiger partial charge in [0.15, 0.2) is 6.29 Å². The van der Waals surface area contributed by atoms with Crippen LogP contribution in [0.15, 0.2) is 12.1 Å². The number of benzene rings is 1. The fraction of sp³-hybridized carbons (Fsp3) is 0.438. The lowest BCUT2D eigenvalue weighted by Gasteiger charge is -2.46. The van der Waals surface area contributed by atoms with Crippen LogP contribution in [-0.4, -0.2) is 11.9 Å². The van der Waals surface area contributed by atoms with E-state index < -0.39 is 0 Å². The van der Waals surface area contributed by atoms with E-state index in [0.717, 1.165) is 23.8 Å². The van der Waals surface area contributed by atoms with Crippen LogP contribution in [0, 0.1) is 17.8 Å². The lowest BCUT2D eigenvalue weighted by Crippen LogP contribution is -2.48. The van der Waals surface area contributed by atoms with E-state index in [1.165, 1.54) is 0 Å². The van der Waals surface area contributed by atoms with E-state index in [0.29, 0.717) is 11.3 Å². The first-order valence-electron chi connectivity index (χ1n) is 6.08. The van der Waals surface area contributed by atoms with Gasteiger partial charge in [0, 0.05) is 11.0 Å². The van der Waals surface area contributed by atoms with Crippen LogP contribution in [0.4, 0.5) is 0 Å². The fourth-order valence-corrected chi connectivity index (χ4v) is 2.22. The first kappa shape index (κ1) is 12.7. The van der Waals surface area contributed by atoms with Crippen molar-refractivity contribution >= 4 is 6.29 Å². The average Bonchev–Trinajstić information content (AvgIpc) is 2.28. The van der Waals surface area contributed by atoms with Crippen LogP contribution >= 0.6 is 0 Å². The van der Waals surface area contributed by atoms with Gasteiger partial charge in [0.25, 0.3) is 0 Å². The predicted molar refractivity (Wildman–Crippen MR) is 72.0 cm³/mol. The molecule has 0 amide bonds. The number of fused-ring (bicyclic) bond motifs is 1. The molecule has 0 saturated carbocycles. The Morgan fingerprint density at radius 1 is 1.33 bits per heavy atom. The highest BCUT2D eigenvalue weighted by Gasteiger charge is 2.44.